The summed E-state index contributed by atoms with van der Waals surface area (Å²) < 4.78 is 31.1. The van der Waals surface area contributed by atoms with Gasteiger partial charge in [0.1, 0.15) is 0 Å². The third kappa shape index (κ3) is 5.93. The summed E-state index contributed by atoms with van der Waals surface area (Å²) in [6.45, 7) is -0.416. The molecule has 1 aliphatic carbocycles. The third-order valence-electron chi connectivity index (χ3n) is 3.76. The second kappa shape index (κ2) is 8.79. The number of nitrogens with one attached hydrogen (secondary N) is 2. The highest BCUT2D eigenvalue weighted by molar-refractivity contribution is 7.89. The molecule has 0 atom stereocenters. The van der Waals surface area contributed by atoms with Crippen LogP contribution in [0, 0.1) is 0 Å². The minimum Gasteiger partial charge on any atom is -0.456 e. The number of benzene rings is 1. The minimum absolute atomic E-state index is 0.0830. The Morgan fingerprint density at radius 1 is 1.12 bits per heavy atom. The second-order valence-electron chi connectivity index (χ2n) is 5.67. The molecule has 24 heavy (non-hydrogen) atoms. The van der Waals surface area contributed by atoms with Gasteiger partial charge in [-0.25, -0.2) is 13.1 Å². The molecule has 0 aromatic heterocycles. The molecule has 1 amide bonds. The molecule has 1 aliphatic rings. The molecule has 1 saturated carbocycles. The average molecular weight is 354 g/mol. The summed E-state index contributed by atoms with van der Waals surface area (Å²) in [7, 11) is -3.64. The highest BCUT2D eigenvalue weighted by atomic mass is 32.2. The van der Waals surface area contributed by atoms with Crippen LogP contribution in [0.2, 0.25) is 0 Å². The second-order valence-corrected chi connectivity index (χ2v) is 7.44. The zero-order valence-corrected chi connectivity index (χ0v) is 14.2. The molecule has 0 bridgehead atoms. The van der Waals surface area contributed by atoms with Crippen molar-refractivity contribution in [1.29, 1.82) is 0 Å². The van der Waals surface area contributed by atoms with Gasteiger partial charge in [-0.3, -0.25) is 9.59 Å². The fourth-order valence-corrected chi connectivity index (χ4v) is 3.58. The molecule has 7 nitrogen and oxygen atoms in total. The van der Waals surface area contributed by atoms with Crippen molar-refractivity contribution in [3.63, 3.8) is 0 Å². The normalized spacial score (nSPS) is 15.2. The van der Waals surface area contributed by atoms with Gasteiger partial charge in [0.2, 0.25) is 10.0 Å². The van der Waals surface area contributed by atoms with Crippen molar-refractivity contribution in [1.82, 2.24) is 10.0 Å². The Hall–Kier alpha value is -1.93. The van der Waals surface area contributed by atoms with Crippen molar-refractivity contribution in [2.75, 3.05) is 13.2 Å². The summed E-state index contributed by atoms with van der Waals surface area (Å²) in [5.41, 5.74) is 0. The quantitative estimate of drug-likeness (QED) is 0.677. The zero-order valence-electron chi connectivity index (χ0n) is 13.4. The standard InChI is InChI=1S/C16H22N2O5S/c19-15(18-13-6-4-5-7-13)12-23-16(20)10-11-17-24(21,22)14-8-2-1-3-9-14/h1-3,8-9,13,17H,4-7,10-12H2,(H,18,19). The van der Waals surface area contributed by atoms with E-state index in [1.54, 1.807) is 18.2 Å². The van der Waals surface area contributed by atoms with Gasteiger partial charge < -0.3 is 10.1 Å². The lowest BCUT2D eigenvalue weighted by Gasteiger charge is -2.12. The Morgan fingerprint density at radius 3 is 2.46 bits per heavy atom. The lowest BCUT2D eigenvalue weighted by molar-refractivity contribution is -0.148. The smallest absolute Gasteiger partial charge is 0.307 e. The number of carbonyl (C=O) groups excluding carboxylic acids is 2. The molecule has 0 aliphatic heterocycles. The minimum atomic E-state index is -3.64. The molecule has 0 unspecified atom stereocenters. The Morgan fingerprint density at radius 2 is 1.79 bits per heavy atom. The molecule has 2 N–H and O–H groups in total. The molecule has 2 rings (SSSR count). The molecule has 1 aromatic rings. The largest absolute Gasteiger partial charge is 0.456 e. The van der Waals surface area contributed by atoms with Gasteiger partial charge in [0.15, 0.2) is 6.61 Å². The van der Waals surface area contributed by atoms with Gasteiger partial charge in [0.25, 0.3) is 5.91 Å². The van der Waals surface area contributed by atoms with Crippen molar-refractivity contribution >= 4 is 21.9 Å². The Kier molecular flexibility index (Phi) is 6.74. The number of hydrogen-bond donors (Lipinski definition) is 2. The zero-order chi connectivity index (χ0) is 17.4. The van der Waals surface area contributed by atoms with Crippen LogP contribution >= 0.6 is 0 Å². The molecule has 0 saturated heterocycles. The SMILES string of the molecule is O=C(COC(=O)CCNS(=O)(=O)c1ccccc1)NC1CCCC1. The monoisotopic (exact) mass is 354 g/mol. The maximum absolute atomic E-state index is 11.9. The van der Waals surface area contributed by atoms with E-state index in [1.165, 1.54) is 12.1 Å². The first kappa shape index (κ1) is 18.4. The van der Waals surface area contributed by atoms with E-state index in [2.05, 4.69) is 10.0 Å². The highest BCUT2D eigenvalue weighted by Crippen LogP contribution is 2.17. The first-order valence-corrected chi connectivity index (χ1v) is 9.45. The van der Waals surface area contributed by atoms with Crippen LogP contribution in [0.4, 0.5) is 0 Å². The molecule has 132 valence electrons. The van der Waals surface area contributed by atoms with E-state index in [1.807, 2.05) is 0 Å². The van der Waals surface area contributed by atoms with Gasteiger partial charge in [0.05, 0.1) is 11.3 Å². The van der Waals surface area contributed by atoms with Crippen molar-refractivity contribution in [2.45, 2.75) is 43.0 Å². The molecular weight excluding hydrogens is 332 g/mol. The molecular formula is C16H22N2O5S. The van der Waals surface area contributed by atoms with Gasteiger partial charge in [-0.15, -0.1) is 0 Å². The van der Waals surface area contributed by atoms with Crippen molar-refractivity contribution in [3.05, 3.63) is 30.3 Å². The van der Waals surface area contributed by atoms with Crippen LogP contribution in [0.15, 0.2) is 35.2 Å². The number of hydrogen-bond acceptors (Lipinski definition) is 5. The van der Waals surface area contributed by atoms with Gasteiger partial charge in [0, 0.05) is 12.6 Å². The van der Waals surface area contributed by atoms with Crippen LogP contribution in [0.3, 0.4) is 0 Å². The summed E-state index contributed by atoms with van der Waals surface area (Å²) in [5.74, 6) is -0.938. The molecule has 1 fully saturated rings. The van der Waals surface area contributed by atoms with E-state index < -0.39 is 16.0 Å². The highest BCUT2D eigenvalue weighted by Gasteiger charge is 2.18. The first-order valence-electron chi connectivity index (χ1n) is 7.97. The van der Waals surface area contributed by atoms with Gasteiger partial charge >= 0.3 is 5.97 Å². The Labute approximate surface area is 141 Å². The van der Waals surface area contributed by atoms with E-state index in [9.17, 15) is 18.0 Å². The number of rotatable bonds is 8. The molecule has 0 radical (unpaired) electrons. The van der Waals surface area contributed by atoms with Crippen LogP contribution in [-0.4, -0.2) is 39.5 Å². The van der Waals surface area contributed by atoms with Gasteiger partial charge in [-0.2, -0.15) is 0 Å². The van der Waals surface area contributed by atoms with Crippen LogP contribution in [0.5, 0.6) is 0 Å². The van der Waals surface area contributed by atoms with E-state index in [4.69, 9.17) is 4.74 Å². The van der Waals surface area contributed by atoms with Crippen LogP contribution < -0.4 is 10.0 Å². The van der Waals surface area contributed by atoms with Crippen molar-refractivity contribution in [3.8, 4) is 0 Å². The third-order valence-corrected chi connectivity index (χ3v) is 5.24. The van der Waals surface area contributed by atoms with Crippen LogP contribution in [0.1, 0.15) is 32.1 Å². The molecule has 0 heterocycles. The number of carbonyl (C=O) groups is 2. The van der Waals surface area contributed by atoms with Crippen molar-refractivity contribution in [2.24, 2.45) is 0 Å². The predicted octanol–water partition coefficient (Wildman–Crippen LogP) is 0.957. The fourth-order valence-electron chi connectivity index (χ4n) is 2.53. The Bertz CT molecular complexity index is 654. The summed E-state index contributed by atoms with van der Waals surface area (Å²) >= 11 is 0. The van der Waals surface area contributed by atoms with E-state index in [0.717, 1.165) is 25.7 Å². The average Bonchev–Trinajstić information content (AvgIpc) is 3.06. The van der Waals surface area contributed by atoms with Gasteiger partial charge in [-0.05, 0) is 25.0 Å². The summed E-state index contributed by atoms with van der Waals surface area (Å²) in [6, 6.07) is 8.06. The summed E-state index contributed by atoms with van der Waals surface area (Å²) in [4.78, 5) is 23.3. The van der Waals surface area contributed by atoms with E-state index in [0.29, 0.717) is 0 Å². The maximum Gasteiger partial charge on any atom is 0.307 e. The lowest BCUT2D eigenvalue weighted by atomic mass is 10.2. The summed E-state index contributed by atoms with van der Waals surface area (Å²) in [5, 5.41) is 2.81. The molecule has 1 aromatic carbocycles. The summed E-state index contributed by atoms with van der Waals surface area (Å²) in [6.07, 6.45) is 3.99. The Balaban J connectivity index is 1.65. The maximum atomic E-state index is 11.9. The number of esters is 1. The first-order chi connectivity index (χ1) is 11.5. The number of sulfonamides is 1. The van der Waals surface area contributed by atoms with Crippen LogP contribution in [-0.2, 0) is 24.3 Å². The lowest BCUT2D eigenvalue weighted by Crippen LogP contribution is -2.36. The molecule has 0 spiro atoms. The van der Waals surface area contributed by atoms with E-state index in [-0.39, 0.29) is 36.4 Å². The topological polar surface area (TPSA) is 102 Å². The fraction of sp³-hybridized carbons (Fsp3) is 0.500. The predicted molar refractivity (Wildman–Crippen MR) is 87.6 cm³/mol. The van der Waals surface area contributed by atoms with Gasteiger partial charge in [-0.1, -0.05) is 31.0 Å². The number of amides is 1. The van der Waals surface area contributed by atoms with Crippen LogP contribution in [0.25, 0.3) is 0 Å². The molecule has 8 heteroatoms. The van der Waals surface area contributed by atoms with Crippen molar-refractivity contribution < 1.29 is 22.7 Å². The number of ether oxygens (including phenoxy) is 1. The van der Waals surface area contributed by atoms with E-state index >= 15 is 0 Å².